The van der Waals surface area contributed by atoms with E-state index in [0.717, 1.165) is 31.8 Å². The molecule has 6 heterocycles. The van der Waals surface area contributed by atoms with E-state index in [-0.39, 0.29) is 128 Å². The number of aliphatic carboxylic acids is 1. The van der Waals surface area contributed by atoms with Gasteiger partial charge in [0.15, 0.2) is 5.96 Å². The number of thioether (sulfide) groups is 1. The number of carboxylic acids is 1. The first kappa shape index (κ1) is 106. The number of aliphatic hydroxyl groups is 2. The molecule has 3 saturated heterocycles. The van der Waals surface area contributed by atoms with Gasteiger partial charge >= 0.3 is 5.97 Å². The molecule has 3 fully saturated rings. The number of phenolic OH excluding ortho intramolecular Hbond substituents is 1. The van der Waals surface area contributed by atoms with Crippen LogP contribution >= 0.6 is 11.8 Å². The Kier molecular flexibility index (Phi) is 40.3. The highest BCUT2D eigenvalue weighted by Gasteiger charge is 2.47. The molecule has 44 heteroatoms. The summed E-state index contributed by atoms with van der Waals surface area (Å²) < 4.78 is 0. The first-order chi connectivity index (χ1) is 64.9. The Morgan fingerprint density at radius 2 is 1.15 bits per heavy atom. The number of carboxylic acid groups (broad SMARTS) is 1. The molecule has 0 aliphatic carbocycles. The zero-order valence-corrected chi connectivity index (χ0v) is 78.5. The topological polar surface area (TPSA) is 653 Å². The summed E-state index contributed by atoms with van der Waals surface area (Å²) in [5.74, 6) is -18.3. The van der Waals surface area contributed by atoms with Crippen LogP contribution in [0.4, 0.5) is 0 Å². The Labute approximate surface area is 791 Å². The van der Waals surface area contributed by atoms with Crippen molar-refractivity contribution < 1.29 is 97.1 Å². The van der Waals surface area contributed by atoms with Crippen LogP contribution in [-0.4, -0.2) is 322 Å². The number of carbonyl (C=O) groups is 16. The number of H-pyrrole nitrogens is 3. The number of imidazole rings is 1. The second-order valence-corrected chi connectivity index (χ2v) is 36.1. The van der Waals surface area contributed by atoms with Crippen molar-refractivity contribution in [2.45, 2.75) is 234 Å². The molecule has 3 aromatic heterocycles. The van der Waals surface area contributed by atoms with Crippen LogP contribution in [0.3, 0.4) is 0 Å². The molecule has 0 saturated carbocycles. The number of hydrogen-bond donors (Lipinski definition) is 21. The van der Waals surface area contributed by atoms with Crippen molar-refractivity contribution in [1.82, 2.24) is 97.6 Å². The molecule has 43 nitrogen and oxygen atoms in total. The minimum absolute atomic E-state index is 0.00190. The maximum Gasteiger partial charge on any atom is 0.305 e. The van der Waals surface area contributed by atoms with Crippen molar-refractivity contribution in [3.63, 3.8) is 0 Å². The van der Waals surface area contributed by atoms with E-state index in [9.17, 15) is 58.8 Å². The molecule has 24 N–H and O–H groups in total. The van der Waals surface area contributed by atoms with E-state index >= 15 is 38.4 Å². The second-order valence-electron chi connectivity index (χ2n) is 35.1. The van der Waals surface area contributed by atoms with E-state index in [4.69, 9.17) is 22.6 Å². The number of likely N-dealkylation sites (N-methyl/N-ethyl adjacent to an activating group) is 3. The molecule has 3 aromatic carbocycles. The molecule has 136 heavy (non-hydrogen) atoms. The molecule has 6 aromatic rings. The van der Waals surface area contributed by atoms with Crippen molar-refractivity contribution in [1.29, 1.82) is 5.41 Å². The number of amides is 15. The Morgan fingerprint density at radius 1 is 0.574 bits per heavy atom. The number of aliphatic hydroxyl groups excluding tert-OH is 2. The molecule has 9 rings (SSSR count). The van der Waals surface area contributed by atoms with Crippen LogP contribution in [0, 0.1) is 17.2 Å². The van der Waals surface area contributed by atoms with Gasteiger partial charge < -0.3 is 130 Å². The summed E-state index contributed by atoms with van der Waals surface area (Å²) in [7, 11) is 4.00. The summed E-state index contributed by atoms with van der Waals surface area (Å²) >= 11 is 0.784. The Bertz CT molecular complexity index is 5170. The summed E-state index contributed by atoms with van der Waals surface area (Å²) in [6.07, 6.45) is 4.62. The molecule has 0 spiro atoms. The molecule has 1 unspecified atom stereocenters. The zero-order chi connectivity index (χ0) is 99.1. The number of rotatable bonds is 27. The van der Waals surface area contributed by atoms with E-state index < -0.39 is 228 Å². The number of nitrogens with one attached hydrogen (secondary N) is 14. The van der Waals surface area contributed by atoms with E-state index in [2.05, 4.69) is 73.1 Å². The lowest BCUT2D eigenvalue weighted by atomic mass is 9.84. The number of benzene rings is 3. The smallest absolute Gasteiger partial charge is 0.305 e. The number of unbranched alkanes of at least 4 members (excludes halogenated alkanes) is 2. The van der Waals surface area contributed by atoms with Crippen molar-refractivity contribution in [2.24, 2.45) is 29.0 Å². The van der Waals surface area contributed by atoms with Crippen LogP contribution in [-0.2, 0) is 102 Å². The van der Waals surface area contributed by atoms with Crippen molar-refractivity contribution in [3.8, 4) is 5.75 Å². The molecule has 0 radical (unpaired) electrons. The van der Waals surface area contributed by atoms with E-state index in [1.54, 1.807) is 55.7 Å². The third-order valence-corrected chi connectivity index (χ3v) is 26.1. The minimum atomic E-state index is -1.88. The summed E-state index contributed by atoms with van der Waals surface area (Å²) in [6, 6.07) is 0.757. The van der Waals surface area contributed by atoms with Crippen LogP contribution in [0.25, 0.3) is 21.8 Å². The number of aromatic hydroxyl groups is 1. The molecule has 3 aliphatic rings. The summed E-state index contributed by atoms with van der Waals surface area (Å²) in [5, 5.41) is 79.5. The van der Waals surface area contributed by atoms with Crippen LogP contribution in [0.15, 0.2) is 97.7 Å². The Hall–Kier alpha value is -13.2. The predicted octanol–water partition coefficient (Wildman–Crippen LogP) is -1.48. The number of guanidine groups is 1. The van der Waals surface area contributed by atoms with Gasteiger partial charge in [0, 0.05) is 118 Å². The van der Waals surface area contributed by atoms with Crippen molar-refractivity contribution in [3.05, 3.63) is 120 Å². The number of primary amides is 1. The number of nitrogens with zero attached hydrogens (tertiary/aromatic N) is 6. The van der Waals surface area contributed by atoms with E-state index in [1.165, 1.54) is 74.7 Å². The van der Waals surface area contributed by atoms with Crippen molar-refractivity contribution >= 4 is 134 Å². The van der Waals surface area contributed by atoms with Gasteiger partial charge in [-0.05, 0) is 131 Å². The fourth-order valence-corrected chi connectivity index (χ4v) is 18.3. The normalized spacial score (nSPS) is 25.2. The maximum absolute atomic E-state index is 15.8. The zero-order valence-electron chi connectivity index (χ0n) is 77.7. The fraction of sp³-hybridized carbons (Fsp3) is 0.543. The van der Waals surface area contributed by atoms with Crippen LogP contribution in [0.5, 0.6) is 5.75 Å². The van der Waals surface area contributed by atoms with Gasteiger partial charge in [0.05, 0.1) is 43.5 Å². The summed E-state index contributed by atoms with van der Waals surface area (Å²) in [4.78, 5) is 255. The number of carbonyl (C=O) groups excluding carboxylic acids is 15. The lowest BCUT2D eigenvalue weighted by Gasteiger charge is -2.36. The third-order valence-electron chi connectivity index (χ3n) is 25.1. The molecule has 3 aliphatic heterocycles. The first-order valence-electron chi connectivity index (χ1n) is 46.0. The second kappa shape index (κ2) is 51.5. The average molecular weight is 1910 g/mol. The van der Waals surface area contributed by atoms with Crippen LogP contribution in [0.1, 0.15) is 146 Å². The summed E-state index contributed by atoms with van der Waals surface area (Å²) in [5.41, 5.74) is 20.3. The lowest BCUT2D eigenvalue weighted by molar-refractivity contribution is -0.149. The van der Waals surface area contributed by atoms with Gasteiger partial charge in [-0.3, -0.25) is 82.1 Å². The van der Waals surface area contributed by atoms with Crippen molar-refractivity contribution in [2.75, 3.05) is 72.0 Å². The summed E-state index contributed by atoms with van der Waals surface area (Å²) in [6.45, 7) is 4.63. The molecule has 15 amide bonds. The molecular weight excluding hydrogens is 1780 g/mol. The first-order valence-corrected chi connectivity index (χ1v) is 47.2. The highest BCUT2D eigenvalue weighted by Crippen LogP contribution is 2.34. The van der Waals surface area contributed by atoms with Gasteiger partial charge in [0.2, 0.25) is 88.6 Å². The maximum atomic E-state index is 15.8. The number of hydrogen-bond acceptors (Lipinski definition) is 23. The number of aromatic amines is 3. The van der Waals surface area contributed by atoms with Gasteiger partial charge in [-0.15, -0.1) is 11.8 Å². The average Bonchev–Trinajstić information content (AvgIpc) is 1.18. The number of para-hydroxylation sites is 2. The van der Waals surface area contributed by atoms with E-state index in [1.807, 2.05) is 26.0 Å². The fourth-order valence-electron chi connectivity index (χ4n) is 17.4. The minimum Gasteiger partial charge on any atom is -0.508 e. The number of aromatic nitrogens is 4. The monoisotopic (exact) mass is 1910 g/mol. The molecule has 740 valence electrons. The van der Waals surface area contributed by atoms with Gasteiger partial charge in [0.25, 0.3) is 0 Å². The van der Waals surface area contributed by atoms with Crippen LogP contribution in [0.2, 0.25) is 0 Å². The van der Waals surface area contributed by atoms with Gasteiger partial charge in [0.1, 0.15) is 78.3 Å². The number of phenols is 1. The SMILES string of the molecule is CCCC[C@H]1C(=O)N(C)[C@@H](CCCC)C(=O)N[C@@H](CCCNC(=N)N)C(=O)N[C@H](C(=O)NCC(N)=O)CSCC(=O)N[C@@H](Cc2ccc(O)cc2)C(=O)N(C)[C@@H](C)C(=O)N[C@@H](CCCN)C(=O)N2CCC[C@H]2C(=O)N[C@@H](Cc2c[nH]cn2)C(=O)N[C@@H](CC(=O)O)C(=O)N2C[C@H](O)C[C@H]2C(C)C[C@@H](Cc2c[nH]c3ccccc23)C(=O)N[C@@H](CO)C(=O)N[C@@H](Cc2c[nH]c3ccccc23)C(=O)N1C. The number of fused-ring (bicyclic) bond motifs is 4. The Morgan fingerprint density at radius 3 is 1.77 bits per heavy atom. The van der Waals surface area contributed by atoms with Gasteiger partial charge in [-0.25, -0.2) is 4.98 Å². The largest absolute Gasteiger partial charge is 0.508 e. The molecular formula is C92H131N23O20S. The highest BCUT2D eigenvalue weighted by atomic mass is 32.2. The highest BCUT2D eigenvalue weighted by molar-refractivity contribution is 8.00. The van der Waals surface area contributed by atoms with Gasteiger partial charge in [-0.1, -0.05) is 95.0 Å². The van der Waals surface area contributed by atoms with Gasteiger partial charge in [-0.2, -0.15) is 0 Å². The third kappa shape index (κ3) is 29.6. The predicted molar refractivity (Wildman–Crippen MR) is 502 cm³/mol. The standard InChI is InChI=1S/C92H131N23O20S/c1-8-10-25-72-85(129)104-64(24-17-33-98-92(95)96)82(126)110-71(81(125)101-45-76(94)119)48-136-49-77(120)103-67(36-53-28-30-58(117)31-29-53)87(131)111(5)52(4)79(123)105-65(23-16-32-93)89(133)114-34-18-27-73(114)86(130)106-66(39-57-44-97-50-102-57)83(127)108-69(41-78(121)122)90(134)115-46-59(118)40-75(115)51(3)35-54(37-55-42-99-62-21-14-12-19-60(55)62)80(124)109-70(47-116)84(128)107-68(38-56-43-100-63-22-15-13-20-61(56)63)88(132)113(7)74(26-11-9-2)91(135)112(72)6/h12-15,19-22,28-31,42-44,50-52,54,59,64-75,99-100,116-118H,8-11,16-18,23-27,32-41,45-49,93H2,1-7H3,(H2,94,119)(H,97,102)(H,101,125)(H,103,120)(H,104,129)(H,105,123)(H,106,130)(H,107,128)(H,108,127)(H,109,124)(H,110,126)(H,121,122)(H4,95,96,98)/t51?,52-,54-,59+,64-,65-,66-,67-,68-,69-,70-,71-,72-,73-,74-,75-/m0/s1. The Balaban J connectivity index is 1.10. The molecule has 0 bridgehead atoms. The molecule has 16 atom stereocenters. The quantitative estimate of drug-likeness (QED) is 0.0159. The number of nitrogens with two attached hydrogens (primary N) is 3. The lowest BCUT2D eigenvalue weighted by Crippen LogP contribution is -2.61. The van der Waals surface area contributed by atoms with Crippen LogP contribution < -0.4 is 70.4 Å². The van der Waals surface area contributed by atoms with E-state index in [0.29, 0.717) is 58.8 Å².